The van der Waals surface area contributed by atoms with Crippen LogP contribution in [-0.4, -0.2) is 25.2 Å². The normalized spacial score (nSPS) is 12.3. The molecule has 0 atom stereocenters. The van der Waals surface area contributed by atoms with Crippen molar-refractivity contribution in [2.24, 2.45) is 29.1 Å². The van der Waals surface area contributed by atoms with Crippen molar-refractivity contribution in [2.75, 3.05) is 13.2 Å². The summed E-state index contributed by atoms with van der Waals surface area (Å²) in [4.78, 5) is 25.5. The summed E-state index contributed by atoms with van der Waals surface area (Å²) in [6, 6.07) is 0. The van der Waals surface area contributed by atoms with E-state index in [1.165, 1.54) is 0 Å². The lowest BCUT2D eigenvalue weighted by Crippen LogP contribution is -2.37. The fourth-order valence-electron chi connectivity index (χ4n) is 2.69. The lowest BCUT2D eigenvalue weighted by atomic mass is 9.73. The van der Waals surface area contributed by atoms with E-state index in [4.69, 9.17) is 9.47 Å². The molecule has 0 rings (SSSR count). The first-order valence-corrected chi connectivity index (χ1v) is 10.3. The molecule has 0 aliphatic heterocycles. The van der Waals surface area contributed by atoms with Gasteiger partial charge in [0.25, 0.3) is 0 Å². The molecule has 0 aromatic rings. The number of hydrogen-bond acceptors (Lipinski definition) is 4. The fourth-order valence-corrected chi connectivity index (χ4v) is 2.69. The second-order valence-electron chi connectivity index (χ2n) is 9.39. The smallest absolute Gasteiger partial charge is 0.312 e. The van der Waals surface area contributed by atoms with Gasteiger partial charge >= 0.3 is 11.9 Å². The fraction of sp³-hybridized carbons (Fsp3) is 0.909. The van der Waals surface area contributed by atoms with Crippen LogP contribution in [0.5, 0.6) is 0 Å². The third-order valence-corrected chi connectivity index (χ3v) is 4.44. The molecule has 0 amide bonds. The third kappa shape index (κ3) is 10.8. The number of hydrogen-bond donors (Lipinski definition) is 0. The van der Waals surface area contributed by atoms with Crippen LogP contribution in [0, 0.1) is 29.1 Å². The summed E-state index contributed by atoms with van der Waals surface area (Å²) in [5.74, 6) is 0.991. The Balaban J connectivity index is 5.39. The zero-order valence-electron chi connectivity index (χ0n) is 18.4. The summed E-state index contributed by atoms with van der Waals surface area (Å²) >= 11 is 0. The third-order valence-electron chi connectivity index (χ3n) is 4.44. The molecule has 0 aromatic carbocycles. The van der Waals surface area contributed by atoms with Crippen molar-refractivity contribution in [2.45, 2.75) is 87.5 Å². The SMILES string of the molecule is CC(C)CCC(CCC(C)C)(CC(=O)OCC(C)C)C(=O)OCC(C)C. The van der Waals surface area contributed by atoms with Gasteiger partial charge in [0, 0.05) is 0 Å². The number of carbonyl (C=O) groups is 2. The quantitative estimate of drug-likeness (QED) is 0.394. The summed E-state index contributed by atoms with van der Waals surface area (Å²) in [5, 5.41) is 0. The standard InChI is InChI=1S/C22H42O4/c1-16(2)9-11-22(12-10-17(3)4,21(24)26-15-19(7)8)13-20(23)25-14-18(5)6/h16-19H,9-15H2,1-8H3. The van der Waals surface area contributed by atoms with E-state index < -0.39 is 5.41 Å². The molecule has 0 aliphatic carbocycles. The van der Waals surface area contributed by atoms with Crippen LogP contribution in [0.2, 0.25) is 0 Å². The van der Waals surface area contributed by atoms with Crippen molar-refractivity contribution >= 4 is 11.9 Å². The predicted octanol–water partition coefficient (Wildman–Crippen LogP) is 5.63. The molecule has 0 unspecified atom stereocenters. The first-order chi connectivity index (χ1) is 12.0. The Kier molecular flexibility index (Phi) is 11.8. The van der Waals surface area contributed by atoms with E-state index in [9.17, 15) is 9.59 Å². The van der Waals surface area contributed by atoms with Crippen LogP contribution in [0.25, 0.3) is 0 Å². The van der Waals surface area contributed by atoms with Gasteiger partial charge in [-0.05, 0) is 49.4 Å². The van der Waals surface area contributed by atoms with E-state index in [1.807, 2.05) is 27.7 Å². The van der Waals surface area contributed by atoms with Gasteiger partial charge in [0.15, 0.2) is 0 Å². The molecule has 0 bridgehead atoms. The number of esters is 2. The Hall–Kier alpha value is -1.06. The van der Waals surface area contributed by atoms with E-state index in [0.717, 1.165) is 12.8 Å². The highest BCUT2D eigenvalue weighted by atomic mass is 16.5. The van der Waals surface area contributed by atoms with Gasteiger partial charge in [-0.1, -0.05) is 55.4 Å². The molecule has 0 heterocycles. The average Bonchev–Trinajstić information content (AvgIpc) is 2.53. The summed E-state index contributed by atoms with van der Waals surface area (Å²) in [5.41, 5.74) is -0.766. The van der Waals surface area contributed by atoms with Crippen LogP contribution in [-0.2, 0) is 19.1 Å². The van der Waals surface area contributed by atoms with Gasteiger partial charge in [-0.25, -0.2) is 0 Å². The Morgan fingerprint density at radius 3 is 1.50 bits per heavy atom. The number of ether oxygens (including phenoxy) is 2. The molecule has 4 heteroatoms. The second kappa shape index (κ2) is 12.3. The summed E-state index contributed by atoms with van der Waals surface area (Å²) < 4.78 is 11.0. The van der Waals surface area contributed by atoms with Gasteiger partial charge in [0.05, 0.1) is 25.0 Å². The van der Waals surface area contributed by atoms with Crippen LogP contribution in [0.15, 0.2) is 0 Å². The summed E-state index contributed by atoms with van der Waals surface area (Å²) in [6.45, 7) is 17.4. The molecule has 0 aromatic heterocycles. The van der Waals surface area contributed by atoms with E-state index in [0.29, 0.717) is 37.9 Å². The number of rotatable bonds is 13. The first kappa shape index (κ1) is 24.9. The molecule has 0 aliphatic rings. The molecule has 4 nitrogen and oxygen atoms in total. The van der Waals surface area contributed by atoms with E-state index >= 15 is 0 Å². The van der Waals surface area contributed by atoms with Crippen LogP contribution in [0.4, 0.5) is 0 Å². The Morgan fingerprint density at radius 1 is 0.692 bits per heavy atom. The van der Waals surface area contributed by atoms with Crippen molar-refractivity contribution in [1.29, 1.82) is 0 Å². The van der Waals surface area contributed by atoms with E-state index in [1.54, 1.807) is 0 Å². The maximum Gasteiger partial charge on any atom is 0.312 e. The minimum atomic E-state index is -0.766. The molecule has 0 fully saturated rings. The first-order valence-electron chi connectivity index (χ1n) is 10.3. The average molecular weight is 371 g/mol. The topological polar surface area (TPSA) is 52.6 Å². The van der Waals surface area contributed by atoms with Gasteiger partial charge in [0.2, 0.25) is 0 Å². The molecule has 26 heavy (non-hydrogen) atoms. The summed E-state index contributed by atoms with van der Waals surface area (Å²) in [7, 11) is 0. The minimum absolute atomic E-state index is 0.121. The summed E-state index contributed by atoms with van der Waals surface area (Å²) in [6.07, 6.45) is 3.25. The van der Waals surface area contributed by atoms with Crippen molar-refractivity contribution in [1.82, 2.24) is 0 Å². The van der Waals surface area contributed by atoms with Crippen LogP contribution < -0.4 is 0 Å². The van der Waals surface area contributed by atoms with Gasteiger partial charge < -0.3 is 9.47 Å². The second-order valence-corrected chi connectivity index (χ2v) is 9.39. The molecule has 0 saturated heterocycles. The Morgan fingerprint density at radius 2 is 1.12 bits per heavy atom. The highest BCUT2D eigenvalue weighted by Crippen LogP contribution is 2.38. The van der Waals surface area contributed by atoms with Crippen molar-refractivity contribution in [3.8, 4) is 0 Å². The highest BCUT2D eigenvalue weighted by molar-refractivity contribution is 5.83. The van der Waals surface area contributed by atoms with Gasteiger partial charge in [-0.2, -0.15) is 0 Å². The highest BCUT2D eigenvalue weighted by Gasteiger charge is 2.42. The van der Waals surface area contributed by atoms with Gasteiger partial charge in [0.1, 0.15) is 0 Å². The molecule has 154 valence electrons. The van der Waals surface area contributed by atoms with Crippen LogP contribution in [0.1, 0.15) is 87.5 Å². The maximum absolute atomic E-state index is 13.0. The molecule has 0 radical (unpaired) electrons. The zero-order chi connectivity index (χ0) is 20.3. The lowest BCUT2D eigenvalue weighted by Gasteiger charge is -2.32. The zero-order valence-corrected chi connectivity index (χ0v) is 18.4. The predicted molar refractivity (Wildman–Crippen MR) is 107 cm³/mol. The largest absolute Gasteiger partial charge is 0.465 e. The minimum Gasteiger partial charge on any atom is -0.465 e. The van der Waals surface area contributed by atoms with Crippen LogP contribution >= 0.6 is 0 Å². The van der Waals surface area contributed by atoms with Crippen molar-refractivity contribution < 1.29 is 19.1 Å². The lowest BCUT2D eigenvalue weighted by molar-refractivity contribution is -0.165. The molecule has 0 saturated carbocycles. The number of carbonyl (C=O) groups excluding carboxylic acids is 2. The van der Waals surface area contributed by atoms with Gasteiger partial charge in [-0.15, -0.1) is 0 Å². The maximum atomic E-state index is 13.0. The monoisotopic (exact) mass is 370 g/mol. The van der Waals surface area contributed by atoms with E-state index in [2.05, 4.69) is 27.7 Å². The molecule has 0 N–H and O–H groups in total. The van der Waals surface area contributed by atoms with Crippen molar-refractivity contribution in [3.05, 3.63) is 0 Å². The molecule has 0 spiro atoms. The van der Waals surface area contributed by atoms with Gasteiger partial charge in [-0.3, -0.25) is 9.59 Å². The van der Waals surface area contributed by atoms with E-state index in [-0.39, 0.29) is 30.2 Å². The van der Waals surface area contributed by atoms with Crippen molar-refractivity contribution in [3.63, 3.8) is 0 Å². The van der Waals surface area contributed by atoms with Crippen LogP contribution in [0.3, 0.4) is 0 Å². The Labute approximate surface area is 161 Å². The molecular formula is C22H42O4. The Bertz CT molecular complexity index is 398. The molecular weight excluding hydrogens is 328 g/mol.